The van der Waals surface area contributed by atoms with E-state index in [0.717, 1.165) is 11.1 Å². The molecule has 1 amide bonds. The van der Waals surface area contributed by atoms with Crippen molar-refractivity contribution in [3.05, 3.63) is 71.8 Å². The number of aldehydes is 1. The van der Waals surface area contributed by atoms with E-state index in [1.54, 1.807) is 0 Å². The number of aliphatic hydroxyl groups is 1. The lowest BCUT2D eigenvalue weighted by Gasteiger charge is -2.23. The minimum atomic E-state index is -0.946. The number of carbonyl (C=O) groups is 2. The van der Waals surface area contributed by atoms with Crippen LogP contribution < -0.4 is 0 Å². The molecule has 1 aliphatic rings. The molecular formula is C20H21NO5. The summed E-state index contributed by atoms with van der Waals surface area (Å²) in [4.78, 5) is 25.1. The van der Waals surface area contributed by atoms with Crippen LogP contribution in [-0.4, -0.2) is 47.2 Å². The average Bonchev–Trinajstić information content (AvgIpc) is 3.01. The van der Waals surface area contributed by atoms with Gasteiger partial charge >= 0.3 is 6.09 Å². The van der Waals surface area contributed by atoms with Crippen molar-refractivity contribution in [1.82, 2.24) is 4.90 Å². The van der Waals surface area contributed by atoms with Gasteiger partial charge in [-0.25, -0.2) is 4.79 Å². The molecule has 0 spiro atoms. The Kier molecular flexibility index (Phi) is 5.99. The molecule has 0 radical (unpaired) electrons. The van der Waals surface area contributed by atoms with Gasteiger partial charge in [-0.3, -0.25) is 4.90 Å². The molecule has 6 heteroatoms. The van der Waals surface area contributed by atoms with Gasteiger partial charge in [-0.2, -0.15) is 0 Å². The molecule has 6 nitrogen and oxygen atoms in total. The molecular weight excluding hydrogens is 334 g/mol. The van der Waals surface area contributed by atoms with Gasteiger partial charge in [-0.05, 0) is 11.1 Å². The predicted octanol–water partition coefficient (Wildman–Crippen LogP) is 2.15. The van der Waals surface area contributed by atoms with Crippen LogP contribution in [0.1, 0.15) is 11.1 Å². The van der Waals surface area contributed by atoms with Crippen molar-refractivity contribution in [1.29, 1.82) is 0 Å². The number of likely N-dealkylation sites (tertiary alicyclic amines) is 1. The number of aliphatic hydroxyl groups excluding tert-OH is 1. The highest BCUT2D eigenvalue weighted by atomic mass is 16.6. The van der Waals surface area contributed by atoms with Crippen LogP contribution in [0.3, 0.4) is 0 Å². The van der Waals surface area contributed by atoms with Gasteiger partial charge in [0.25, 0.3) is 0 Å². The second-order valence-corrected chi connectivity index (χ2v) is 6.15. The van der Waals surface area contributed by atoms with E-state index in [0.29, 0.717) is 6.29 Å². The Bertz CT molecular complexity index is 721. The van der Waals surface area contributed by atoms with Gasteiger partial charge in [0.05, 0.1) is 13.2 Å². The summed E-state index contributed by atoms with van der Waals surface area (Å²) in [7, 11) is 0. The zero-order valence-electron chi connectivity index (χ0n) is 14.2. The Morgan fingerprint density at radius 1 is 1.04 bits per heavy atom. The van der Waals surface area contributed by atoms with Crippen LogP contribution in [0.25, 0.3) is 0 Å². The van der Waals surface area contributed by atoms with E-state index in [9.17, 15) is 14.7 Å². The van der Waals surface area contributed by atoms with E-state index in [2.05, 4.69) is 0 Å². The molecule has 26 heavy (non-hydrogen) atoms. The van der Waals surface area contributed by atoms with Gasteiger partial charge in [0.15, 0.2) is 0 Å². The SMILES string of the molecule is O=C[C@@H]1[C@@H](OCc2ccccc2)[C@H](O)CN1C(=O)OCc1ccccc1. The fourth-order valence-corrected chi connectivity index (χ4v) is 2.96. The number of hydrogen-bond donors (Lipinski definition) is 1. The molecule has 1 N–H and O–H groups in total. The van der Waals surface area contributed by atoms with Gasteiger partial charge in [-0.1, -0.05) is 60.7 Å². The zero-order chi connectivity index (χ0) is 18.4. The fraction of sp³-hybridized carbons (Fsp3) is 0.300. The fourth-order valence-electron chi connectivity index (χ4n) is 2.96. The predicted molar refractivity (Wildman–Crippen MR) is 94.2 cm³/mol. The van der Waals surface area contributed by atoms with Crippen molar-refractivity contribution < 1.29 is 24.2 Å². The van der Waals surface area contributed by atoms with Gasteiger partial charge in [0, 0.05) is 0 Å². The Labute approximate surface area is 152 Å². The first-order chi connectivity index (χ1) is 12.7. The molecule has 1 saturated heterocycles. The maximum Gasteiger partial charge on any atom is 0.410 e. The summed E-state index contributed by atoms with van der Waals surface area (Å²) < 4.78 is 11.0. The van der Waals surface area contributed by atoms with Crippen LogP contribution in [0.2, 0.25) is 0 Å². The highest BCUT2D eigenvalue weighted by Crippen LogP contribution is 2.23. The van der Waals surface area contributed by atoms with Crippen molar-refractivity contribution in [2.24, 2.45) is 0 Å². The molecule has 1 fully saturated rings. The molecule has 0 unspecified atom stereocenters. The normalized spacial score (nSPS) is 22.2. The number of β-amino-alcohol motifs (C(OH)–C–C–N with tert-alkyl or cyclic N) is 1. The quantitative estimate of drug-likeness (QED) is 0.804. The summed E-state index contributed by atoms with van der Waals surface area (Å²) in [6.45, 7) is 0.351. The van der Waals surface area contributed by atoms with Gasteiger partial charge < -0.3 is 19.4 Å². The molecule has 3 atom stereocenters. The molecule has 0 aliphatic carbocycles. The second kappa shape index (κ2) is 8.60. The summed E-state index contributed by atoms with van der Waals surface area (Å²) in [5, 5.41) is 10.2. The third-order valence-electron chi connectivity index (χ3n) is 4.32. The van der Waals surface area contributed by atoms with Crippen molar-refractivity contribution in [3.8, 4) is 0 Å². The Balaban J connectivity index is 1.59. The second-order valence-electron chi connectivity index (χ2n) is 6.15. The van der Waals surface area contributed by atoms with Crippen molar-refractivity contribution in [3.63, 3.8) is 0 Å². The molecule has 136 valence electrons. The Morgan fingerprint density at radius 2 is 1.62 bits per heavy atom. The van der Waals surface area contributed by atoms with E-state index in [4.69, 9.17) is 9.47 Å². The third kappa shape index (κ3) is 4.28. The number of nitrogens with zero attached hydrogens (tertiary/aromatic N) is 1. The summed E-state index contributed by atoms with van der Waals surface area (Å²) >= 11 is 0. The number of benzene rings is 2. The number of amides is 1. The summed E-state index contributed by atoms with van der Waals surface area (Å²) in [6.07, 6.45) is -1.75. The maximum atomic E-state index is 12.3. The van der Waals surface area contributed by atoms with Gasteiger partial charge in [0.2, 0.25) is 0 Å². The lowest BCUT2D eigenvalue weighted by Crippen LogP contribution is -2.42. The molecule has 1 heterocycles. The van der Waals surface area contributed by atoms with Crippen molar-refractivity contribution in [2.45, 2.75) is 31.5 Å². The number of carbonyl (C=O) groups excluding carboxylic acids is 2. The van der Waals surface area contributed by atoms with Crippen LogP contribution in [0.5, 0.6) is 0 Å². The smallest absolute Gasteiger partial charge is 0.410 e. The van der Waals surface area contributed by atoms with Crippen LogP contribution in [0.4, 0.5) is 4.79 Å². The molecule has 2 aromatic rings. The first kappa shape index (κ1) is 18.1. The minimum absolute atomic E-state index is 0.00349. The first-order valence-corrected chi connectivity index (χ1v) is 8.45. The molecule has 0 saturated carbocycles. The summed E-state index contributed by atoms with van der Waals surface area (Å²) in [5.41, 5.74) is 1.77. The van der Waals surface area contributed by atoms with E-state index in [1.807, 2.05) is 60.7 Å². The van der Waals surface area contributed by atoms with Crippen molar-refractivity contribution >= 4 is 12.4 Å². The Hall–Kier alpha value is -2.70. The molecule has 0 aromatic heterocycles. The lowest BCUT2D eigenvalue weighted by atomic mass is 10.1. The number of rotatable bonds is 6. The van der Waals surface area contributed by atoms with Gasteiger partial charge in [0.1, 0.15) is 31.1 Å². The van der Waals surface area contributed by atoms with E-state index >= 15 is 0 Å². The van der Waals surface area contributed by atoms with Gasteiger partial charge in [-0.15, -0.1) is 0 Å². The monoisotopic (exact) mass is 355 g/mol. The average molecular weight is 355 g/mol. The number of hydrogen-bond acceptors (Lipinski definition) is 5. The highest BCUT2D eigenvalue weighted by molar-refractivity contribution is 5.75. The van der Waals surface area contributed by atoms with Crippen LogP contribution in [-0.2, 0) is 27.5 Å². The molecule has 1 aliphatic heterocycles. The van der Waals surface area contributed by atoms with E-state index < -0.39 is 24.3 Å². The van der Waals surface area contributed by atoms with E-state index in [-0.39, 0.29) is 19.8 Å². The maximum absolute atomic E-state index is 12.3. The standard InChI is InChI=1S/C20H21NO5/c22-12-17-19(25-13-15-7-3-1-4-8-15)18(23)11-21(17)20(24)26-14-16-9-5-2-6-10-16/h1-10,12,17-19,23H,11,13-14H2/t17-,18-,19-/m1/s1. The highest BCUT2D eigenvalue weighted by Gasteiger charge is 2.44. The first-order valence-electron chi connectivity index (χ1n) is 8.45. The minimum Gasteiger partial charge on any atom is -0.445 e. The number of ether oxygens (including phenoxy) is 2. The van der Waals surface area contributed by atoms with Crippen LogP contribution in [0, 0.1) is 0 Å². The Morgan fingerprint density at radius 3 is 2.19 bits per heavy atom. The lowest BCUT2D eigenvalue weighted by molar-refractivity contribution is -0.116. The molecule has 0 bridgehead atoms. The van der Waals surface area contributed by atoms with Crippen molar-refractivity contribution in [2.75, 3.05) is 6.54 Å². The third-order valence-corrected chi connectivity index (χ3v) is 4.32. The zero-order valence-corrected chi connectivity index (χ0v) is 14.2. The molecule has 2 aromatic carbocycles. The largest absolute Gasteiger partial charge is 0.445 e. The van der Waals surface area contributed by atoms with Crippen LogP contribution in [0.15, 0.2) is 60.7 Å². The van der Waals surface area contributed by atoms with Crippen LogP contribution >= 0.6 is 0 Å². The molecule has 3 rings (SSSR count). The topological polar surface area (TPSA) is 76.1 Å². The van der Waals surface area contributed by atoms with E-state index in [1.165, 1.54) is 4.90 Å². The summed E-state index contributed by atoms with van der Waals surface area (Å²) in [5.74, 6) is 0. The summed E-state index contributed by atoms with van der Waals surface area (Å²) in [6, 6.07) is 17.8.